The Balaban J connectivity index is 2.15. The van der Waals surface area contributed by atoms with Crippen LogP contribution in [0.25, 0.3) is 10.9 Å². The second kappa shape index (κ2) is 5.66. The number of aliphatic imine (C=N–C) groups is 1. The van der Waals surface area contributed by atoms with E-state index in [0.29, 0.717) is 16.6 Å². The number of fused-ring (bicyclic) bond motifs is 4. The van der Waals surface area contributed by atoms with Crippen LogP contribution in [0.2, 0.25) is 0 Å². The van der Waals surface area contributed by atoms with Crippen molar-refractivity contribution in [2.75, 3.05) is 5.32 Å². The van der Waals surface area contributed by atoms with E-state index >= 15 is 0 Å². The van der Waals surface area contributed by atoms with E-state index in [1.165, 1.54) is 25.3 Å². The van der Waals surface area contributed by atoms with Gasteiger partial charge in [-0.2, -0.15) is 13.2 Å². The number of carbonyl (C=O) groups excluding carboxylic acids is 1. The van der Waals surface area contributed by atoms with Crippen molar-refractivity contribution in [3.8, 4) is 0 Å². The van der Waals surface area contributed by atoms with Gasteiger partial charge in [-0.05, 0) is 31.2 Å². The molecular weight excluding hydrogens is 343 g/mol. The number of anilines is 2. The molecule has 0 saturated heterocycles. The van der Waals surface area contributed by atoms with Crippen molar-refractivity contribution in [2.24, 2.45) is 4.99 Å². The van der Waals surface area contributed by atoms with Crippen molar-refractivity contribution in [1.82, 2.24) is 4.98 Å². The summed E-state index contributed by atoms with van der Waals surface area (Å²) in [5.41, 5.74) is 0.0251. The lowest BCUT2D eigenvalue weighted by molar-refractivity contribution is -0.0579. The maximum atomic E-state index is 13.8. The van der Waals surface area contributed by atoms with Crippen molar-refractivity contribution in [2.45, 2.75) is 13.1 Å². The minimum atomic E-state index is -4.69. The zero-order valence-corrected chi connectivity index (χ0v) is 13.6. The van der Waals surface area contributed by atoms with Gasteiger partial charge in [-0.3, -0.25) is 9.78 Å². The molecule has 4 rings (SSSR count). The second-order valence-corrected chi connectivity index (χ2v) is 5.90. The number of ketones is 1. The summed E-state index contributed by atoms with van der Waals surface area (Å²) < 4.78 is 41.3. The average molecular weight is 355 g/mol. The van der Waals surface area contributed by atoms with E-state index in [1.807, 2.05) is 0 Å². The molecule has 0 radical (unpaired) electrons. The molecule has 26 heavy (non-hydrogen) atoms. The number of para-hydroxylation sites is 2. The molecule has 0 atom stereocenters. The number of aromatic nitrogens is 1. The van der Waals surface area contributed by atoms with Crippen molar-refractivity contribution in [3.05, 3.63) is 59.8 Å². The van der Waals surface area contributed by atoms with Gasteiger partial charge in [0.2, 0.25) is 0 Å². The molecule has 0 unspecified atom stereocenters. The predicted molar refractivity (Wildman–Crippen MR) is 93.7 cm³/mol. The molecule has 0 saturated carbocycles. The topological polar surface area (TPSA) is 54.4 Å². The summed E-state index contributed by atoms with van der Waals surface area (Å²) in [6.45, 7) is 1.32. The monoisotopic (exact) mass is 355 g/mol. The van der Waals surface area contributed by atoms with Crippen LogP contribution in [0.15, 0.2) is 53.7 Å². The lowest BCUT2D eigenvalue weighted by Gasteiger charge is -2.16. The van der Waals surface area contributed by atoms with Gasteiger partial charge in [0.1, 0.15) is 0 Å². The molecule has 0 fully saturated rings. The van der Waals surface area contributed by atoms with Crippen molar-refractivity contribution >= 4 is 39.5 Å². The fourth-order valence-electron chi connectivity index (χ4n) is 3.06. The Morgan fingerprint density at radius 3 is 2.62 bits per heavy atom. The number of hydrogen-bond donors (Lipinski definition) is 1. The number of benzene rings is 2. The van der Waals surface area contributed by atoms with E-state index in [9.17, 15) is 18.0 Å². The van der Waals surface area contributed by atoms with E-state index in [1.54, 1.807) is 30.3 Å². The summed E-state index contributed by atoms with van der Waals surface area (Å²) in [7, 11) is 0. The molecule has 1 aromatic heterocycles. The molecule has 1 aliphatic rings. The fraction of sp³-hybridized carbons (Fsp3) is 0.105. The summed E-state index contributed by atoms with van der Waals surface area (Å²) in [6.07, 6.45) is -3.21. The van der Waals surface area contributed by atoms with Gasteiger partial charge in [-0.1, -0.05) is 18.2 Å². The van der Waals surface area contributed by atoms with Gasteiger partial charge in [0.05, 0.1) is 22.6 Å². The van der Waals surface area contributed by atoms with Gasteiger partial charge in [0, 0.05) is 22.7 Å². The lowest BCUT2D eigenvalue weighted by Crippen LogP contribution is -2.24. The van der Waals surface area contributed by atoms with Crippen LogP contribution in [-0.4, -0.2) is 22.7 Å². The lowest BCUT2D eigenvalue weighted by atomic mass is 9.96. The van der Waals surface area contributed by atoms with E-state index < -0.39 is 11.9 Å². The minimum Gasteiger partial charge on any atom is -0.351 e. The van der Waals surface area contributed by atoms with Crippen LogP contribution in [0.4, 0.5) is 30.2 Å². The first kappa shape index (κ1) is 16.3. The molecule has 1 aliphatic heterocycles. The third-order valence-electron chi connectivity index (χ3n) is 4.19. The first-order chi connectivity index (χ1) is 12.4. The highest BCUT2D eigenvalue weighted by Crippen LogP contribution is 2.41. The number of Topliss-reactive ketones (excluding diaryl/α,β-unsaturated/α-hetero) is 1. The number of halogens is 3. The molecule has 0 amide bonds. The van der Waals surface area contributed by atoms with Crippen LogP contribution in [0.3, 0.4) is 0 Å². The zero-order valence-electron chi connectivity index (χ0n) is 13.6. The zero-order chi connectivity index (χ0) is 18.5. The number of carbonyl (C=O) groups is 1. The Hall–Kier alpha value is -3.22. The van der Waals surface area contributed by atoms with Gasteiger partial charge < -0.3 is 5.32 Å². The molecular formula is C19H12F3N3O. The Morgan fingerprint density at radius 1 is 1.12 bits per heavy atom. The Morgan fingerprint density at radius 2 is 1.88 bits per heavy atom. The van der Waals surface area contributed by atoms with Crippen molar-refractivity contribution < 1.29 is 18.0 Å². The highest BCUT2D eigenvalue weighted by molar-refractivity contribution is 6.20. The van der Waals surface area contributed by atoms with Crippen LogP contribution >= 0.6 is 0 Å². The number of hydrogen-bond acceptors (Lipinski definition) is 4. The predicted octanol–water partition coefficient (Wildman–Crippen LogP) is 5.18. The molecule has 4 nitrogen and oxygen atoms in total. The summed E-state index contributed by atoms with van der Waals surface area (Å²) in [4.78, 5) is 20.1. The van der Waals surface area contributed by atoms with Crippen LogP contribution < -0.4 is 5.32 Å². The van der Waals surface area contributed by atoms with Crippen molar-refractivity contribution in [1.29, 1.82) is 0 Å². The molecule has 130 valence electrons. The highest BCUT2D eigenvalue weighted by atomic mass is 19.4. The van der Waals surface area contributed by atoms with Crippen LogP contribution in [0.5, 0.6) is 0 Å². The molecule has 1 N–H and O–H groups in total. The first-order valence-electron chi connectivity index (χ1n) is 7.81. The molecule has 2 heterocycles. The van der Waals surface area contributed by atoms with Crippen LogP contribution in [-0.2, 0) is 0 Å². The normalized spacial score (nSPS) is 13.3. The van der Waals surface area contributed by atoms with Crippen molar-refractivity contribution in [3.63, 3.8) is 0 Å². The largest absolute Gasteiger partial charge is 0.434 e. The van der Waals surface area contributed by atoms with Gasteiger partial charge in [-0.25, -0.2) is 4.99 Å². The van der Waals surface area contributed by atoms with Gasteiger partial charge in [0.15, 0.2) is 11.5 Å². The molecule has 7 heteroatoms. The number of nitrogens with one attached hydrogen (secondary N) is 1. The number of alkyl halides is 3. The number of rotatable bonds is 1. The van der Waals surface area contributed by atoms with Crippen LogP contribution in [0.1, 0.15) is 22.8 Å². The summed E-state index contributed by atoms with van der Waals surface area (Å²) in [5.74, 6) is -0.339. The van der Waals surface area contributed by atoms with Gasteiger partial charge in [0.25, 0.3) is 0 Å². The maximum Gasteiger partial charge on any atom is 0.434 e. The highest BCUT2D eigenvalue weighted by Gasteiger charge is 2.40. The van der Waals surface area contributed by atoms with Gasteiger partial charge >= 0.3 is 6.18 Å². The molecule has 0 spiro atoms. The van der Waals surface area contributed by atoms with Gasteiger partial charge in [-0.15, -0.1) is 0 Å². The third-order valence-corrected chi connectivity index (χ3v) is 4.19. The number of nitrogens with zero attached hydrogens (tertiary/aromatic N) is 2. The Kier molecular flexibility index (Phi) is 3.54. The molecule has 0 aliphatic carbocycles. The quantitative estimate of drug-likeness (QED) is 0.612. The first-order valence-corrected chi connectivity index (χ1v) is 7.81. The van der Waals surface area contributed by atoms with Crippen LogP contribution in [0, 0.1) is 0 Å². The average Bonchev–Trinajstić information content (AvgIpc) is 2.77. The SMILES string of the molecule is CC(=O)c1cc2c(c3ncccc13)Nc1ccccc1N=C2C(F)(F)F. The smallest absolute Gasteiger partial charge is 0.351 e. The van der Waals surface area contributed by atoms with E-state index in [-0.39, 0.29) is 28.3 Å². The number of pyridine rings is 1. The summed E-state index contributed by atoms with van der Waals surface area (Å²) in [6, 6.07) is 11.0. The molecule has 0 bridgehead atoms. The van der Waals surface area contributed by atoms with E-state index in [0.717, 1.165) is 0 Å². The molecule has 3 aromatic rings. The Labute approximate surface area is 146 Å². The fourth-order valence-corrected chi connectivity index (χ4v) is 3.06. The summed E-state index contributed by atoms with van der Waals surface area (Å²) in [5, 5.41) is 3.52. The molecule has 2 aromatic carbocycles. The summed E-state index contributed by atoms with van der Waals surface area (Å²) >= 11 is 0. The standard InChI is InChI=1S/C19H12F3N3O/c1-10(26)12-9-13-17(16-11(12)5-4-8-23-16)24-14-6-2-3-7-15(14)25-18(13)19(20,21)22/h2-9,24H,1H3. The Bertz CT molecular complexity index is 1090. The third kappa shape index (κ3) is 2.52. The van der Waals surface area contributed by atoms with E-state index in [4.69, 9.17) is 0 Å². The second-order valence-electron chi connectivity index (χ2n) is 5.90. The maximum absolute atomic E-state index is 13.8. The minimum absolute atomic E-state index is 0.171. The van der Waals surface area contributed by atoms with E-state index in [2.05, 4.69) is 15.3 Å².